The Morgan fingerprint density at radius 1 is 1.04 bits per heavy atom. The molecular formula is C21H24N2O3S. The van der Waals surface area contributed by atoms with Crippen LogP contribution < -0.4 is 10.5 Å². The largest absolute Gasteiger partial charge is 0.313 e. The second kappa shape index (κ2) is 7.19. The molecule has 2 aromatic carbocycles. The van der Waals surface area contributed by atoms with Crippen molar-refractivity contribution in [1.82, 2.24) is 5.32 Å². The molecule has 5 nitrogen and oxygen atoms in total. The van der Waals surface area contributed by atoms with Crippen LogP contribution >= 0.6 is 0 Å². The predicted molar refractivity (Wildman–Crippen MR) is 104 cm³/mol. The highest BCUT2D eigenvalue weighted by molar-refractivity contribution is 7.89. The zero-order chi connectivity index (χ0) is 19.0. The normalized spacial score (nSPS) is 21.8. The molecule has 2 aromatic rings. The number of carbonyl (C=O) groups excluding carboxylic acids is 1. The van der Waals surface area contributed by atoms with Crippen LogP contribution in [0, 0.1) is 5.92 Å². The minimum Gasteiger partial charge on any atom is -0.313 e. The van der Waals surface area contributed by atoms with Crippen LogP contribution in [0.15, 0.2) is 53.4 Å². The first-order valence-corrected chi connectivity index (χ1v) is 10.9. The molecular weight excluding hydrogens is 360 g/mol. The lowest BCUT2D eigenvalue weighted by Gasteiger charge is -2.06. The molecule has 2 aliphatic carbocycles. The third-order valence-electron chi connectivity index (χ3n) is 5.43. The first-order chi connectivity index (χ1) is 12.9. The molecule has 0 aliphatic heterocycles. The van der Waals surface area contributed by atoms with Gasteiger partial charge in [-0.1, -0.05) is 36.4 Å². The highest BCUT2D eigenvalue weighted by atomic mass is 32.2. The quantitative estimate of drug-likeness (QED) is 0.685. The number of hydrogen-bond acceptors (Lipinski definition) is 4. The van der Waals surface area contributed by atoms with Crippen molar-refractivity contribution >= 4 is 15.8 Å². The van der Waals surface area contributed by atoms with Gasteiger partial charge in [-0.3, -0.25) is 4.79 Å². The van der Waals surface area contributed by atoms with Crippen LogP contribution in [0.3, 0.4) is 0 Å². The monoisotopic (exact) mass is 384 g/mol. The summed E-state index contributed by atoms with van der Waals surface area (Å²) in [7, 11) is -3.74. The summed E-state index contributed by atoms with van der Waals surface area (Å²) in [4.78, 5) is 12.4. The number of primary sulfonamides is 1. The van der Waals surface area contributed by atoms with Gasteiger partial charge in [-0.05, 0) is 55.0 Å². The van der Waals surface area contributed by atoms with E-state index in [-0.39, 0.29) is 10.7 Å². The van der Waals surface area contributed by atoms with Gasteiger partial charge in [0, 0.05) is 23.9 Å². The molecule has 2 saturated carbocycles. The number of hydrogen-bond donors (Lipinski definition) is 2. The Hall–Kier alpha value is -2.02. The second-order valence-electron chi connectivity index (χ2n) is 7.71. The topological polar surface area (TPSA) is 89.3 Å². The van der Waals surface area contributed by atoms with Gasteiger partial charge in [0.2, 0.25) is 10.0 Å². The lowest BCUT2D eigenvalue weighted by molar-refractivity contribution is 0.0993. The van der Waals surface area contributed by atoms with E-state index in [9.17, 15) is 13.2 Å². The highest BCUT2D eigenvalue weighted by Crippen LogP contribution is 2.41. The zero-order valence-electron chi connectivity index (χ0n) is 15.1. The molecule has 2 fully saturated rings. The SMILES string of the molecule is NS(=O)(=O)c1ccc(C(=O)Cc2ccc(C3CC3NCC3CC3)cc2)cc1. The number of rotatable bonds is 8. The summed E-state index contributed by atoms with van der Waals surface area (Å²) in [6, 6.07) is 14.6. The third-order valence-corrected chi connectivity index (χ3v) is 6.36. The maximum atomic E-state index is 12.4. The number of sulfonamides is 1. The number of nitrogens with two attached hydrogens (primary N) is 1. The van der Waals surface area contributed by atoms with Crippen molar-refractivity contribution in [3.05, 3.63) is 65.2 Å². The van der Waals surface area contributed by atoms with Gasteiger partial charge in [0.15, 0.2) is 5.78 Å². The average molecular weight is 385 g/mol. The molecule has 2 unspecified atom stereocenters. The maximum absolute atomic E-state index is 12.4. The van der Waals surface area contributed by atoms with E-state index in [1.165, 1.54) is 49.1 Å². The lowest BCUT2D eigenvalue weighted by atomic mass is 10.0. The van der Waals surface area contributed by atoms with Crippen molar-refractivity contribution < 1.29 is 13.2 Å². The molecule has 4 rings (SSSR count). The summed E-state index contributed by atoms with van der Waals surface area (Å²) in [6.45, 7) is 1.15. The Morgan fingerprint density at radius 3 is 2.30 bits per heavy atom. The average Bonchev–Trinajstić information content (AvgIpc) is 3.54. The van der Waals surface area contributed by atoms with Crippen LogP contribution in [-0.2, 0) is 16.4 Å². The van der Waals surface area contributed by atoms with Gasteiger partial charge in [-0.2, -0.15) is 0 Å². The summed E-state index contributed by atoms with van der Waals surface area (Å²) in [5, 5.41) is 8.72. The van der Waals surface area contributed by atoms with Crippen LogP contribution in [0.4, 0.5) is 0 Å². The summed E-state index contributed by atoms with van der Waals surface area (Å²) in [6.07, 6.45) is 4.24. The standard InChI is InChI=1S/C21H24N2O3S/c22-27(25,26)18-9-7-17(8-10-18)21(24)11-14-3-5-16(6-4-14)19-12-20(19)23-13-15-1-2-15/h3-10,15,19-20,23H,1-2,11-13H2,(H2,22,25,26). The Morgan fingerprint density at radius 2 is 1.70 bits per heavy atom. The van der Waals surface area contributed by atoms with E-state index in [1.54, 1.807) is 0 Å². The Kier molecular flexibility index (Phi) is 4.88. The van der Waals surface area contributed by atoms with Crippen LogP contribution in [0.25, 0.3) is 0 Å². The van der Waals surface area contributed by atoms with Crippen molar-refractivity contribution in [1.29, 1.82) is 0 Å². The highest BCUT2D eigenvalue weighted by Gasteiger charge is 2.38. The fourth-order valence-electron chi connectivity index (χ4n) is 3.43. The number of ketones is 1. The van der Waals surface area contributed by atoms with Gasteiger partial charge in [-0.25, -0.2) is 13.6 Å². The summed E-state index contributed by atoms with van der Waals surface area (Å²) >= 11 is 0. The van der Waals surface area contributed by atoms with Gasteiger partial charge in [0.1, 0.15) is 0 Å². The molecule has 0 spiro atoms. The van der Waals surface area contributed by atoms with Gasteiger partial charge in [0.05, 0.1) is 4.90 Å². The third kappa shape index (κ3) is 4.64. The van der Waals surface area contributed by atoms with Gasteiger partial charge < -0.3 is 5.32 Å². The van der Waals surface area contributed by atoms with E-state index in [0.717, 1.165) is 18.0 Å². The predicted octanol–water partition coefficient (Wildman–Crippen LogP) is 2.61. The van der Waals surface area contributed by atoms with E-state index in [0.29, 0.717) is 23.9 Å². The van der Waals surface area contributed by atoms with E-state index >= 15 is 0 Å². The summed E-state index contributed by atoms with van der Waals surface area (Å²) < 4.78 is 22.6. The van der Waals surface area contributed by atoms with Crippen molar-refractivity contribution in [2.75, 3.05) is 6.54 Å². The lowest BCUT2D eigenvalue weighted by Crippen LogP contribution is -2.20. The molecule has 0 heterocycles. The molecule has 0 saturated heterocycles. The fourth-order valence-corrected chi connectivity index (χ4v) is 3.95. The molecule has 0 aromatic heterocycles. The van der Waals surface area contributed by atoms with Gasteiger partial charge >= 0.3 is 0 Å². The molecule has 142 valence electrons. The molecule has 27 heavy (non-hydrogen) atoms. The van der Waals surface area contributed by atoms with Crippen LogP contribution in [0.5, 0.6) is 0 Å². The van der Waals surface area contributed by atoms with Crippen LogP contribution in [-0.4, -0.2) is 26.8 Å². The smallest absolute Gasteiger partial charge is 0.238 e. The molecule has 2 atom stereocenters. The number of benzene rings is 2. The Balaban J connectivity index is 1.33. The number of nitrogens with one attached hydrogen (secondary N) is 1. The molecule has 6 heteroatoms. The summed E-state index contributed by atoms with van der Waals surface area (Å²) in [5.41, 5.74) is 2.78. The van der Waals surface area contributed by atoms with Crippen molar-refractivity contribution in [2.45, 2.75) is 42.5 Å². The van der Waals surface area contributed by atoms with E-state index in [2.05, 4.69) is 17.4 Å². The van der Waals surface area contributed by atoms with E-state index in [1.807, 2.05) is 12.1 Å². The second-order valence-corrected chi connectivity index (χ2v) is 9.27. The van der Waals surface area contributed by atoms with Crippen molar-refractivity contribution in [3.63, 3.8) is 0 Å². The van der Waals surface area contributed by atoms with E-state index in [4.69, 9.17) is 5.14 Å². The minimum atomic E-state index is -3.74. The number of carbonyl (C=O) groups is 1. The fraction of sp³-hybridized carbons (Fsp3) is 0.381. The van der Waals surface area contributed by atoms with Crippen LogP contribution in [0.2, 0.25) is 0 Å². The number of Topliss-reactive ketones (excluding diaryl/α,β-unsaturated/α-hetero) is 1. The zero-order valence-corrected chi connectivity index (χ0v) is 15.9. The van der Waals surface area contributed by atoms with Gasteiger partial charge in [-0.15, -0.1) is 0 Å². The first kappa shape index (κ1) is 18.3. The summed E-state index contributed by atoms with van der Waals surface area (Å²) in [5.74, 6) is 1.46. The molecule has 0 radical (unpaired) electrons. The minimum absolute atomic E-state index is 0.0117. The molecule has 2 aliphatic rings. The van der Waals surface area contributed by atoms with Crippen molar-refractivity contribution in [2.24, 2.45) is 11.1 Å². The molecule has 3 N–H and O–H groups in total. The van der Waals surface area contributed by atoms with E-state index < -0.39 is 10.0 Å². The Labute approximate surface area is 160 Å². The molecule has 0 amide bonds. The van der Waals surface area contributed by atoms with Gasteiger partial charge in [0.25, 0.3) is 0 Å². The molecule has 0 bridgehead atoms. The van der Waals surface area contributed by atoms with Crippen LogP contribution in [0.1, 0.15) is 46.7 Å². The van der Waals surface area contributed by atoms with Crippen molar-refractivity contribution in [3.8, 4) is 0 Å². The first-order valence-electron chi connectivity index (χ1n) is 9.38. The Bertz CT molecular complexity index is 932. The maximum Gasteiger partial charge on any atom is 0.238 e.